The van der Waals surface area contributed by atoms with Crippen molar-refractivity contribution in [2.45, 2.75) is 31.2 Å². The summed E-state index contributed by atoms with van der Waals surface area (Å²) in [6.45, 7) is 5.68. The SMILES string of the molecule is CC(C)C(C)(CN)NS(=O)(=O)c1ccc(F)cc1Br. The van der Waals surface area contributed by atoms with Crippen LogP contribution in [0.2, 0.25) is 0 Å². The zero-order valence-corrected chi connectivity index (χ0v) is 13.5. The average Bonchev–Trinajstić information content (AvgIpc) is 2.27. The molecule has 3 N–H and O–H groups in total. The third-order valence-electron chi connectivity index (χ3n) is 3.25. The molecule has 0 aliphatic rings. The molecule has 1 aromatic rings. The van der Waals surface area contributed by atoms with Crippen LogP contribution in [-0.4, -0.2) is 20.5 Å². The van der Waals surface area contributed by atoms with Crippen LogP contribution in [0.25, 0.3) is 0 Å². The lowest BCUT2D eigenvalue weighted by Gasteiger charge is -2.33. The van der Waals surface area contributed by atoms with Crippen LogP contribution in [-0.2, 0) is 10.0 Å². The van der Waals surface area contributed by atoms with Gasteiger partial charge in [0.25, 0.3) is 0 Å². The molecule has 4 nitrogen and oxygen atoms in total. The van der Waals surface area contributed by atoms with Gasteiger partial charge in [-0.15, -0.1) is 0 Å². The van der Waals surface area contributed by atoms with E-state index in [2.05, 4.69) is 20.7 Å². The predicted octanol–water partition coefficient (Wildman–Crippen LogP) is 2.24. The van der Waals surface area contributed by atoms with Gasteiger partial charge in [0.05, 0.1) is 4.90 Å². The van der Waals surface area contributed by atoms with Crippen LogP contribution in [0, 0.1) is 11.7 Å². The van der Waals surface area contributed by atoms with Gasteiger partial charge in [0.15, 0.2) is 0 Å². The molecule has 0 fully saturated rings. The minimum Gasteiger partial charge on any atom is -0.329 e. The molecule has 1 unspecified atom stereocenters. The second-order valence-corrected chi connectivity index (χ2v) is 7.46. The van der Waals surface area contributed by atoms with Gasteiger partial charge in [0, 0.05) is 16.6 Å². The van der Waals surface area contributed by atoms with E-state index in [0.29, 0.717) is 0 Å². The molecule has 0 radical (unpaired) electrons. The third-order valence-corrected chi connectivity index (χ3v) is 5.84. The van der Waals surface area contributed by atoms with E-state index in [1.165, 1.54) is 6.07 Å². The summed E-state index contributed by atoms with van der Waals surface area (Å²) >= 11 is 3.06. The number of nitrogens with two attached hydrogens (primary N) is 1. The van der Waals surface area contributed by atoms with Crippen molar-refractivity contribution in [3.8, 4) is 0 Å². The molecule has 0 bridgehead atoms. The molecule has 1 aromatic carbocycles. The molecule has 0 amide bonds. The van der Waals surface area contributed by atoms with Crippen molar-refractivity contribution in [3.05, 3.63) is 28.5 Å². The normalized spacial score (nSPS) is 15.5. The van der Waals surface area contributed by atoms with E-state index >= 15 is 0 Å². The number of nitrogens with one attached hydrogen (secondary N) is 1. The Kier molecular flexibility index (Phi) is 5.11. The van der Waals surface area contributed by atoms with Crippen LogP contribution in [0.15, 0.2) is 27.6 Å². The summed E-state index contributed by atoms with van der Waals surface area (Å²) in [6.07, 6.45) is 0. The fraction of sp³-hybridized carbons (Fsp3) is 0.500. The van der Waals surface area contributed by atoms with E-state index < -0.39 is 21.4 Å². The van der Waals surface area contributed by atoms with Gasteiger partial charge in [-0.1, -0.05) is 13.8 Å². The Morgan fingerprint density at radius 2 is 2.05 bits per heavy atom. The maximum atomic E-state index is 13.0. The van der Waals surface area contributed by atoms with Crippen LogP contribution in [0.4, 0.5) is 4.39 Å². The van der Waals surface area contributed by atoms with Gasteiger partial charge in [-0.2, -0.15) is 0 Å². The first-order valence-electron chi connectivity index (χ1n) is 5.81. The maximum absolute atomic E-state index is 13.0. The Labute approximate surface area is 121 Å². The lowest BCUT2D eigenvalue weighted by molar-refractivity contribution is 0.315. The first-order valence-corrected chi connectivity index (χ1v) is 8.09. The summed E-state index contributed by atoms with van der Waals surface area (Å²) in [7, 11) is -3.77. The Morgan fingerprint density at radius 1 is 1.47 bits per heavy atom. The zero-order chi connectivity index (χ0) is 14.8. The highest BCUT2D eigenvalue weighted by Crippen LogP contribution is 2.25. The van der Waals surface area contributed by atoms with E-state index in [9.17, 15) is 12.8 Å². The second kappa shape index (κ2) is 5.87. The molecule has 0 heterocycles. The first-order chi connectivity index (χ1) is 8.62. The lowest BCUT2D eigenvalue weighted by atomic mass is 9.90. The van der Waals surface area contributed by atoms with Gasteiger partial charge < -0.3 is 5.73 Å². The topological polar surface area (TPSA) is 72.2 Å². The highest BCUT2D eigenvalue weighted by molar-refractivity contribution is 9.10. The molecule has 0 spiro atoms. The molecule has 108 valence electrons. The predicted molar refractivity (Wildman–Crippen MR) is 76.7 cm³/mol. The first kappa shape index (κ1) is 16.6. The molecule has 19 heavy (non-hydrogen) atoms. The Hall–Kier alpha value is -0.500. The Morgan fingerprint density at radius 3 is 2.47 bits per heavy atom. The summed E-state index contributed by atoms with van der Waals surface area (Å²) < 4.78 is 40.4. The standard InChI is InChI=1S/C12H18BrFN2O2S/c1-8(2)12(3,7-15)16-19(17,18)11-5-4-9(14)6-10(11)13/h4-6,8,16H,7,15H2,1-3H3. The summed E-state index contributed by atoms with van der Waals surface area (Å²) in [6, 6.07) is 3.44. The molecule has 0 aliphatic carbocycles. The van der Waals surface area contributed by atoms with Crippen LogP contribution in [0.1, 0.15) is 20.8 Å². The molecule has 0 saturated heterocycles. The molecular formula is C12H18BrFN2O2S. The highest BCUT2D eigenvalue weighted by Gasteiger charge is 2.33. The molecule has 0 aromatic heterocycles. The van der Waals surface area contributed by atoms with E-state index in [1.54, 1.807) is 6.92 Å². The summed E-state index contributed by atoms with van der Waals surface area (Å²) in [5.41, 5.74) is 4.90. The van der Waals surface area contributed by atoms with Gasteiger partial charge in [-0.3, -0.25) is 0 Å². The van der Waals surface area contributed by atoms with E-state index in [0.717, 1.165) is 12.1 Å². The number of hydrogen-bond donors (Lipinski definition) is 2. The largest absolute Gasteiger partial charge is 0.329 e. The van der Waals surface area contributed by atoms with Crippen molar-refractivity contribution < 1.29 is 12.8 Å². The number of halogens is 2. The summed E-state index contributed by atoms with van der Waals surface area (Å²) in [5.74, 6) is -0.484. The van der Waals surface area contributed by atoms with Gasteiger partial charge in [-0.05, 0) is 47.0 Å². The molecule has 7 heteroatoms. The zero-order valence-electron chi connectivity index (χ0n) is 11.1. The molecule has 1 atom stereocenters. The minimum atomic E-state index is -3.77. The third kappa shape index (κ3) is 3.75. The second-order valence-electron chi connectivity index (χ2n) is 4.96. The van der Waals surface area contributed by atoms with Crippen molar-refractivity contribution >= 4 is 26.0 Å². The quantitative estimate of drug-likeness (QED) is 0.853. The van der Waals surface area contributed by atoms with E-state index in [4.69, 9.17) is 5.73 Å². The van der Waals surface area contributed by atoms with Gasteiger partial charge >= 0.3 is 0 Å². The highest BCUT2D eigenvalue weighted by atomic mass is 79.9. The molecule has 0 saturated carbocycles. The van der Waals surface area contributed by atoms with Crippen LogP contribution < -0.4 is 10.5 Å². The summed E-state index contributed by atoms with van der Waals surface area (Å²) in [5, 5.41) is 0. The van der Waals surface area contributed by atoms with Gasteiger partial charge in [0.1, 0.15) is 5.82 Å². The number of hydrogen-bond acceptors (Lipinski definition) is 3. The average molecular weight is 353 g/mol. The Balaban J connectivity index is 3.18. The van der Waals surface area contributed by atoms with Gasteiger partial charge in [0.2, 0.25) is 10.0 Å². The van der Waals surface area contributed by atoms with Crippen molar-refractivity contribution in [1.82, 2.24) is 4.72 Å². The van der Waals surface area contributed by atoms with Crippen molar-refractivity contribution in [2.75, 3.05) is 6.54 Å². The van der Waals surface area contributed by atoms with Crippen LogP contribution in [0.3, 0.4) is 0 Å². The number of sulfonamides is 1. The van der Waals surface area contributed by atoms with E-state index in [1.807, 2.05) is 13.8 Å². The fourth-order valence-electron chi connectivity index (χ4n) is 1.45. The maximum Gasteiger partial charge on any atom is 0.242 e. The van der Waals surface area contributed by atoms with Gasteiger partial charge in [-0.25, -0.2) is 17.5 Å². The smallest absolute Gasteiger partial charge is 0.242 e. The Bertz CT molecular complexity index is 563. The number of benzene rings is 1. The fourth-order valence-corrected chi connectivity index (χ4v) is 4.05. The lowest BCUT2D eigenvalue weighted by Crippen LogP contribution is -2.54. The van der Waals surface area contributed by atoms with Crippen molar-refractivity contribution in [3.63, 3.8) is 0 Å². The summed E-state index contributed by atoms with van der Waals surface area (Å²) in [4.78, 5) is -0.00535. The number of rotatable bonds is 5. The monoisotopic (exact) mass is 352 g/mol. The van der Waals surface area contributed by atoms with Crippen LogP contribution in [0.5, 0.6) is 0 Å². The van der Waals surface area contributed by atoms with Crippen molar-refractivity contribution in [1.29, 1.82) is 0 Å². The van der Waals surface area contributed by atoms with E-state index in [-0.39, 0.29) is 21.8 Å². The minimum absolute atomic E-state index is 0.00535. The molecular weight excluding hydrogens is 335 g/mol. The van der Waals surface area contributed by atoms with Crippen LogP contribution >= 0.6 is 15.9 Å². The molecule has 1 rings (SSSR count). The van der Waals surface area contributed by atoms with Crippen molar-refractivity contribution in [2.24, 2.45) is 11.7 Å². The molecule has 0 aliphatic heterocycles.